The van der Waals surface area contributed by atoms with Crippen LogP contribution in [0, 0.1) is 21.0 Å². The van der Waals surface area contributed by atoms with E-state index in [0.717, 1.165) is 6.07 Å². The summed E-state index contributed by atoms with van der Waals surface area (Å²) in [5.74, 6) is -4.10. The van der Waals surface area contributed by atoms with Crippen LogP contribution < -0.4 is 10.8 Å². The van der Waals surface area contributed by atoms with Crippen LogP contribution in [0.5, 0.6) is 0 Å². The Balaban J connectivity index is 2.25. The van der Waals surface area contributed by atoms with Crippen molar-refractivity contribution in [3.8, 4) is 0 Å². The minimum absolute atomic E-state index is 0.0112. The number of ether oxygens (including phenoxy) is 1. The van der Waals surface area contributed by atoms with Crippen LogP contribution in [0.25, 0.3) is 0 Å². The number of hydrogen-bond acceptors (Lipinski definition) is 5. The molecule has 0 fully saturated rings. The second-order valence-electron chi connectivity index (χ2n) is 9.53. The zero-order valence-electron chi connectivity index (χ0n) is 21.1. The highest BCUT2D eigenvalue weighted by Crippen LogP contribution is 2.36. The molecule has 36 heavy (non-hydrogen) atoms. The molecule has 2 aromatic carbocycles. The normalized spacial score (nSPS) is 11.9. The van der Waals surface area contributed by atoms with Gasteiger partial charge in [-0.25, -0.2) is 18.7 Å². The molecule has 0 spiro atoms. The molecule has 11 heteroatoms. The van der Waals surface area contributed by atoms with E-state index < -0.39 is 37.4 Å². The van der Waals surface area contributed by atoms with E-state index in [0.29, 0.717) is 3.57 Å². The van der Waals surface area contributed by atoms with Gasteiger partial charge < -0.3 is 14.5 Å². The molecule has 0 saturated heterocycles. The summed E-state index contributed by atoms with van der Waals surface area (Å²) in [5, 5.41) is 2.52. The lowest BCUT2D eigenvalue weighted by Crippen LogP contribution is -2.41. The van der Waals surface area contributed by atoms with Crippen LogP contribution in [0.4, 0.5) is 24.5 Å². The summed E-state index contributed by atoms with van der Waals surface area (Å²) >= 11 is 1.92. The first-order chi connectivity index (χ1) is 16.8. The Kier molecular flexibility index (Phi) is 11.0. The number of halogens is 4. The first-order valence-corrected chi connectivity index (χ1v) is 15.2. The summed E-state index contributed by atoms with van der Waals surface area (Å²) in [4.78, 5) is 18.2. The molecule has 0 heterocycles. The van der Waals surface area contributed by atoms with E-state index in [9.17, 15) is 13.6 Å². The van der Waals surface area contributed by atoms with Crippen molar-refractivity contribution in [2.75, 3.05) is 25.1 Å². The van der Waals surface area contributed by atoms with Crippen LogP contribution in [0.2, 0.25) is 18.1 Å². The molecule has 6 nitrogen and oxygen atoms in total. The van der Waals surface area contributed by atoms with Gasteiger partial charge in [-0.05, 0) is 65.0 Å². The Morgan fingerprint density at radius 2 is 1.83 bits per heavy atom. The molecule has 0 bridgehead atoms. The van der Waals surface area contributed by atoms with Crippen molar-refractivity contribution < 1.29 is 32.0 Å². The summed E-state index contributed by atoms with van der Waals surface area (Å²) in [5.41, 5.74) is 1.11. The van der Waals surface area contributed by atoms with E-state index in [1.165, 1.54) is 18.2 Å². The molecule has 0 saturated carbocycles. The molecule has 1 amide bonds. The molecule has 198 valence electrons. The number of carbonyl (C=O) groups is 1. The third-order valence-electron chi connectivity index (χ3n) is 5.83. The highest BCUT2D eigenvalue weighted by atomic mass is 127. The van der Waals surface area contributed by atoms with Crippen molar-refractivity contribution in [1.82, 2.24) is 5.48 Å². The molecule has 2 N–H and O–H groups in total. The van der Waals surface area contributed by atoms with Crippen LogP contribution in [0.15, 0.2) is 36.9 Å². The van der Waals surface area contributed by atoms with E-state index in [4.69, 9.17) is 14.0 Å². The van der Waals surface area contributed by atoms with Gasteiger partial charge in [0.2, 0.25) is 0 Å². The Morgan fingerprint density at radius 3 is 2.44 bits per heavy atom. The lowest BCUT2D eigenvalue weighted by atomic mass is 10.1. The number of anilines is 2. The van der Waals surface area contributed by atoms with Crippen LogP contribution >= 0.6 is 22.6 Å². The fourth-order valence-electron chi connectivity index (χ4n) is 2.79. The zero-order chi connectivity index (χ0) is 27.1. The van der Waals surface area contributed by atoms with Gasteiger partial charge in [0, 0.05) is 9.13 Å². The molecule has 0 aliphatic heterocycles. The van der Waals surface area contributed by atoms with Gasteiger partial charge in [0.05, 0.1) is 43.4 Å². The van der Waals surface area contributed by atoms with Crippen molar-refractivity contribution in [2.24, 2.45) is 0 Å². The van der Waals surface area contributed by atoms with Crippen LogP contribution in [0.1, 0.15) is 36.7 Å². The Labute approximate surface area is 224 Å². The van der Waals surface area contributed by atoms with E-state index in [1.807, 2.05) is 22.6 Å². The van der Waals surface area contributed by atoms with Gasteiger partial charge in [-0.2, -0.15) is 0 Å². The SMILES string of the molecule is C=CCOCc1cc(C(=O)NOCCO[Si](C)(C)C(C)(C)C)c(Nc2ccc(I)cc2F)c(F)c1F. The largest absolute Gasteiger partial charge is 0.414 e. The van der Waals surface area contributed by atoms with Crippen LogP contribution in [0.3, 0.4) is 0 Å². The summed E-state index contributed by atoms with van der Waals surface area (Å²) in [7, 11) is -2.00. The topological polar surface area (TPSA) is 68.8 Å². The van der Waals surface area contributed by atoms with Gasteiger partial charge in [0.25, 0.3) is 5.91 Å². The number of hydrogen-bond donors (Lipinski definition) is 2. The standard InChI is InChI=1S/C25H32F3IN2O4Si/c1-7-10-33-15-16-13-18(24(32)31-34-11-12-35-36(5,6)25(2,3)4)23(22(28)21(16)27)30-20-9-8-17(29)14-19(20)26/h7-9,13-14,30H,1,10-12,15H2,2-6H3,(H,31,32). The molecule has 0 aliphatic rings. The molecule has 2 rings (SSSR count). The lowest BCUT2D eigenvalue weighted by molar-refractivity contribution is 0.0184. The predicted octanol–water partition coefficient (Wildman–Crippen LogP) is 6.84. The van der Waals surface area contributed by atoms with Crippen molar-refractivity contribution in [2.45, 2.75) is 45.5 Å². The van der Waals surface area contributed by atoms with E-state index >= 15 is 4.39 Å². The minimum atomic E-state index is -2.00. The smallest absolute Gasteiger partial charge is 0.277 e. The lowest BCUT2D eigenvalue weighted by Gasteiger charge is -2.36. The van der Waals surface area contributed by atoms with Crippen molar-refractivity contribution >= 4 is 48.2 Å². The van der Waals surface area contributed by atoms with Gasteiger partial charge >= 0.3 is 0 Å². The summed E-state index contributed by atoms with van der Waals surface area (Å²) in [6, 6.07) is 5.31. The first-order valence-electron chi connectivity index (χ1n) is 11.3. The molecular weight excluding hydrogens is 604 g/mol. The van der Waals surface area contributed by atoms with Crippen LogP contribution in [-0.2, 0) is 20.6 Å². The van der Waals surface area contributed by atoms with Crippen LogP contribution in [-0.4, -0.2) is 34.0 Å². The number of carbonyl (C=O) groups excluding carboxylic acids is 1. The molecule has 0 radical (unpaired) electrons. The first kappa shape index (κ1) is 30.3. The maximum Gasteiger partial charge on any atom is 0.277 e. The van der Waals surface area contributed by atoms with E-state index in [1.54, 1.807) is 6.07 Å². The van der Waals surface area contributed by atoms with Crippen molar-refractivity contribution in [1.29, 1.82) is 0 Å². The molecule has 0 aromatic heterocycles. The summed E-state index contributed by atoms with van der Waals surface area (Å²) in [6.45, 7) is 14.1. The molecule has 0 aliphatic carbocycles. The van der Waals surface area contributed by atoms with Crippen molar-refractivity contribution in [3.63, 3.8) is 0 Å². The fraction of sp³-hybridized carbons (Fsp3) is 0.400. The zero-order valence-corrected chi connectivity index (χ0v) is 24.2. The average molecular weight is 637 g/mol. The number of amides is 1. The highest BCUT2D eigenvalue weighted by molar-refractivity contribution is 14.1. The summed E-state index contributed by atoms with van der Waals surface area (Å²) < 4.78 is 56.1. The van der Waals surface area contributed by atoms with Gasteiger partial charge in [-0.1, -0.05) is 26.8 Å². The van der Waals surface area contributed by atoms with Gasteiger partial charge in [0.15, 0.2) is 20.0 Å². The van der Waals surface area contributed by atoms with Crippen molar-refractivity contribution in [3.05, 3.63) is 69.1 Å². The Hall–Kier alpha value is -1.93. The summed E-state index contributed by atoms with van der Waals surface area (Å²) in [6.07, 6.45) is 1.46. The maximum atomic E-state index is 15.1. The molecule has 0 unspecified atom stereocenters. The second-order valence-corrected chi connectivity index (χ2v) is 15.6. The Morgan fingerprint density at radius 1 is 1.14 bits per heavy atom. The van der Waals surface area contributed by atoms with Gasteiger partial charge in [-0.3, -0.25) is 9.63 Å². The molecular formula is C25H32F3IN2O4Si. The number of hydroxylamine groups is 1. The van der Waals surface area contributed by atoms with E-state index in [-0.39, 0.29) is 48.3 Å². The number of nitrogens with one attached hydrogen (secondary N) is 2. The second kappa shape index (κ2) is 13.0. The highest BCUT2D eigenvalue weighted by Gasteiger charge is 2.36. The van der Waals surface area contributed by atoms with Gasteiger partial charge in [0.1, 0.15) is 5.82 Å². The quantitative estimate of drug-likeness (QED) is 0.0879. The molecule has 2 aromatic rings. The maximum absolute atomic E-state index is 15.1. The van der Waals surface area contributed by atoms with E-state index in [2.05, 4.69) is 51.2 Å². The third kappa shape index (κ3) is 8.03. The molecule has 0 atom stereocenters. The number of rotatable bonds is 12. The fourth-order valence-corrected chi connectivity index (χ4v) is 4.27. The average Bonchev–Trinajstić information content (AvgIpc) is 2.78. The third-order valence-corrected chi connectivity index (χ3v) is 11.0. The monoisotopic (exact) mass is 636 g/mol. The predicted molar refractivity (Wildman–Crippen MR) is 145 cm³/mol. The minimum Gasteiger partial charge on any atom is -0.414 e. The number of benzene rings is 2. The Bertz CT molecular complexity index is 1090. The van der Waals surface area contributed by atoms with Gasteiger partial charge in [-0.15, -0.1) is 6.58 Å².